The van der Waals surface area contributed by atoms with Gasteiger partial charge in [-0.3, -0.25) is 81.5 Å². The van der Waals surface area contributed by atoms with Gasteiger partial charge in [-0.2, -0.15) is 25.3 Å². The van der Waals surface area contributed by atoms with Crippen molar-refractivity contribution in [3.05, 3.63) is 0 Å². The number of thiol groups is 2. The molecule has 34 nitrogen and oxygen atoms in total. The van der Waals surface area contributed by atoms with Crippen molar-refractivity contribution in [2.45, 2.75) is 201 Å². The van der Waals surface area contributed by atoms with E-state index in [1.54, 1.807) is 0 Å². The second-order valence-electron chi connectivity index (χ2n) is 20.5. The van der Waals surface area contributed by atoms with Gasteiger partial charge in [0.25, 0.3) is 0 Å². The minimum atomic E-state index is -1.36. The van der Waals surface area contributed by atoms with E-state index in [0.717, 1.165) is 0 Å². The third-order valence-electron chi connectivity index (χ3n) is 12.5. The second kappa shape index (κ2) is 38.0. The maximum atomic E-state index is 13.2. The quantitative estimate of drug-likeness (QED) is 0.0266. The number of carbonyl (C=O) groups is 17. The predicted octanol–water partition coefficient (Wildman–Crippen LogP) is -8.35. The molecule has 0 bridgehead atoms. The Hall–Kier alpha value is -8.31. The van der Waals surface area contributed by atoms with E-state index in [2.05, 4.69) is 116 Å². The molecule has 0 aromatic heterocycles. The Balaban J connectivity index is 5.16. The predicted molar refractivity (Wildman–Crippen MR) is 318 cm³/mol. The Morgan fingerprint density at radius 2 is 0.345 bits per heavy atom. The van der Waals surface area contributed by atoms with E-state index in [1.165, 1.54) is 111 Å². The van der Waals surface area contributed by atoms with Crippen LogP contribution < -0.4 is 90.4 Å². The molecular formula is C51H87N17O17S2. The molecule has 0 aliphatic carbocycles. The van der Waals surface area contributed by atoms with Gasteiger partial charge >= 0.3 is 0 Å². The van der Waals surface area contributed by atoms with Crippen molar-refractivity contribution in [3.63, 3.8) is 0 Å². The van der Waals surface area contributed by atoms with Gasteiger partial charge in [0.1, 0.15) is 96.7 Å². The van der Waals surface area contributed by atoms with Gasteiger partial charge in [-0.1, -0.05) is 0 Å². The highest BCUT2D eigenvalue weighted by Gasteiger charge is 2.33. The standard InChI is InChI=1S/C51H87N17O17S2/c1-19(36(70)52-16)54-38(72)21(3)56-40(74)23(5)58-42(76)25(7)60-44(78)27(9)62-46(80)29(11)65-50(84)34(17-86)68-49(83)32(14)64-47(81)30(12)66-51(85)35(18-87)67-48(82)31(13)63-45(79)28(10)61-43(77)26(8)59-41(75)24(6)57-39(73)22(4)55-37(71)20(2)53-33(15)69/h19-32,34-35,86-87H,17-18H2,1-16H3,(H,52,70)(H,53,69)(H,54,72)(H,55,71)(H,56,74)(H,57,73)(H,58,76)(H,59,75)(H,60,78)(H,61,77)(H,62,80)(H,63,79)(H,64,81)(H,65,84)(H,66,85)(H,67,82)(H,68,83)/t19-,20-,21-,22-,23-,24-,25-,26-,27-,28-,29-,30-,31-,32-,34-,35-/m0/s1. The molecule has 0 aliphatic rings. The number of carbonyl (C=O) groups excluding carboxylic acids is 17. The van der Waals surface area contributed by atoms with Crippen molar-refractivity contribution in [2.75, 3.05) is 18.6 Å². The lowest BCUT2D eigenvalue weighted by atomic mass is 10.2. The minimum absolute atomic E-state index is 0.291. The van der Waals surface area contributed by atoms with Crippen LogP contribution in [0.4, 0.5) is 0 Å². The monoisotopic (exact) mass is 1270 g/mol. The summed E-state index contributed by atoms with van der Waals surface area (Å²) in [6.45, 7) is 19.7. The molecule has 0 unspecified atom stereocenters. The van der Waals surface area contributed by atoms with Crippen LogP contribution in [0.5, 0.6) is 0 Å². The summed E-state index contributed by atoms with van der Waals surface area (Å²) in [4.78, 5) is 216. The number of hydrogen-bond donors (Lipinski definition) is 19. The van der Waals surface area contributed by atoms with Gasteiger partial charge in [-0.05, 0) is 96.9 Å². The summed E-state index contributed by atoms with van der Waals surface area (Å²) in [6, 6.07) is -19.3. The molecular weight excluding hydrogens is 1190 g/mol. The molecule has 0 heterocycles. The van der Waals surface area contributed by atoms with E-state index in [1.807, 2.05) is 0 Å². The highest BCUT2D eigenvalue weighted by atomic mass is 32.1. The van der Waals surface area contributed by atoms with Crippen molar-refractivity contribution >= 4 is 126 Å². The molecule has 0 aromatic rings. The number of hydrogen-bond acceptors (Lipinski definition) is 19. The summed E-state index contributed by atoms with van der Waals surface area (Å²) in [6.07, 6.45) is 0. The fourth-order valence-corrected chi connectivity index (χ4v) is 7.29. The topological polar surface area (TPSA) is 495 Å². The number of amides is 17. The number of rotatable bonds is 34. The zero-order valence-corrected chi connectivity index (χ0v) is 53.3. The molecule has 36 heteroatoms. The summed E-state index contributed by atoms with van der Waals surface area (Å²) >= 11 is 8.22. The third kappa shape index (κ3) is 28.2. The van der Waals surface area contributed by atoms with Crippen LogP contribution in [0, 0.1) is 0 Å². The lowest BCUT2D eigenvalue weighted by Crippen LogP contribution is -2.60. The number of nitrogens with one attached hydrogen (secondary N) is 17. The zero-order valence-electron chi connectivity index (χ0n) is 51.5. The molecule has 87 heavy (non-hydrogen) atoms. The Kier molecular flexibility index (Phi) is 34.3. The smallest absolute Gasteiger partial charge is 0.244 e. The summed E-state index contributed by atoms with van der Waals surface area (Å²) in [5.74, 6) is -13.6. The maximum Gasteiger partial charge on any atom is 0.244 e. The van der Waals surface area contributed by atoms with Crippen LogP contribution >= 0.6 is 25.3 Å². The first-order valence-electron chi connectivity index (χ1n) is 27.5. The van der Waals surface area contributed by atoms with E-state index < -0.39 is 197 Å². The molecule has 0 fully saturated rings. The van der Waals surface area contributed by atoms with Crippen molar-refractivity contribution in [1.82, 2.24) is 90.4 Å². The van der Waals surface area contributed by atoms with Crippen molar-refractivity contribution in [3.8, 4) is 0 Å². The summed E-state index contributed by atoms with van der Waals surface area (Å²) < 4.78 is 0. The second-order valence-corrected chi connectivity index (χ2v) is 21.2. The highest BCUT2D eigenvalue weighted by molar-refractivity contribution is 7.80. The molecule has 0 aliphatic heterocycles. The molecule has 16 atom stereocenters. The Morgan fingerprint density at radius 1 is 0.218 bits per heavy atom. The van der Waals surface area contributed by atoms with E-state index in [9.17, 15) is 81.5 Å². The van der Waals surface area contributed by atoms with Crippen LogP contribution in [0.2, 0.25) is 0 Å². The van der Waals surface area contributed by atoms with E-state index >= 15 is 0 Å². The molecule has 0 saturated heterocycles. The lowest BCUT2D eigenvalue weighted by Gasteiger charge is -2.25. The van der Waals surface area contributed by atoms with Gasteiger partial charge in [0, 0.05) is 25.5 Å². The molecule has 0 rings (SSSR count). The normalized spacial score (nSPS) is 16.3. The van der Waals surface area contributed by atoms with Gasteiger partial charge in [0.15, 0.2) is 0 Å². The van der Waals surface area contributed by atoms with Gasteiger partial charge in [-0.15, -0.1) is 0 Å². The molecule has 0 aromatic carbocycles. The van der Waals surface area contributed by atoms with Gasteiger partial charge in [-0.25, -0.2) is 0 Å². The van der Waals surface area contributed by atoms with Gasteiger partial charge < -0.3 is 90.4 Å². The maximum absolute atomic E-state index is 13.2. The van der Waals surface area contributed by atoms with Gasteiger partial charge in [0.2, 0.25) is 100 Å². The summed E-state index contributed by atoms with van der Waals surface area (Å²) in [5, 5.41) is 40.6. The molecule has 17 amide bonds. The molecule has 17 N–H and O–H groups in total. The first-order valence-corrected chi connectivity index (χ1v) is 28.8. The van der Waals surface area contributed by atoms with Crippen molar-refractivity contribution in [2.24, 2.45) is 0 Å². The average Bonchev–Trinajstić information content (AvgIpc) is 3.63. The number of likely N-dealkylation sites (N-methyl/N-ethyl adjacent to an activating group) is 1. The average molecular weight is 1270 g/mol. The van der Waals surface area contributed by atoms with Crippen LogP contribution in [0.1, 0.15) is 104 Å². The Bertz CT molecular complexity index is 2560. The highest BCUT2D eigenvalue weighted by Crippen LogP contribution is 2.01. The first kappa shape index (κ1) is 78.7. The fraction of sp³-hybridized carbons (Fsp3) is 0.667. The SMILES string of the molecule is CNC(=O)[C@H](C)NC(=O)[C@H](C)NC(=O)[C@H](C)NC(=O)[C@H](C)NC(=O)[C@H](C)NC(=O)[C@H](C)NC(=O)[C@H](CS)NC(=O)[C@H](C)NC(=O)[C@H](C)NC(=O)[C@H](CS)NC(=O)[C@H](C)NC(=O)[C@H](C)NC(=O)[C@H](C)NC(=O)[C@H](C)NC(=O)[C@H](C)NC(=O)[C@H](C)NC(C)=O. The molecule has 490 valence electrons. The molecule has 0 spiro atoms. The van der Waals surface area contributed by atoms with Crippen LogP contribution in [0.25, 0.3) is 0 Å². The van der Waals surface area contributed by atoms with Crippen molar-refractivity contribution in [1.29, 1.82) is 0 Å². The summed E-state index contributed by atoms with van der Waals surface area (Å²) in [5.41, 5.74) is 0. The minimum Gasteiger partial charge on any atom is -0.357 e. The van der Waals surface area contributed by atoms with Gasteiger partial charge in [0.05, 0.1) is 0 Å². The largest absolute Gasteiger partial charge is 0.357 e. The lowest BCUT2D eigenvalue weighted by molar-refractivity contribution is -0.135. The van der Waals surface area contributed by atoms with Crippen LogP contribution in [0.15, 0.2) is 0 Å². The Labute approximate surface area is 514 Å². The molecule has 0 radical (unpaired) electrons. The summed E-state index contributed by atoms with van der Waals surface area (Å²) in [7, 11) is 1.39. The van der Waals surface area contributed by atoms with Crippen molar-refractivity contribution < 1.29 is 81.5 Å². The van der Waals surface area contributed by atoms with E-state index in [0.29, 0.717) is 0 Å². The zero-order chi connectivity index (χ0) is 67.5. The first-order chi connectivity index (χ1) is 40.2. The third-order valence-corrected chi connectivity index (χ3v) is 13.2. The van der Waals surface area contributed by atoms with Crippen LogP contribution in [0.3, 0.4) is 0 Å². The van der Waals surface area contributed by atoms with Crippen LogP contribution in [-0.4, -0.2) is 216 Å². The van der Waals surface area contributed by atoms with E-state index in [-0.39, 0.29) is 11.5 Å². The van der Waals surface area contributed by atoms with E-state index in [4.69, 9.17) is 0 Å². The van der Waals surface area contributed by atoms with Crippen LogP contribution in [-0.2, 0) is 81.5 Å². The fourth-order valence-electron chi connectivity index (χ4n) is 6.77. The molecule has 0 saturated carbocycles. The Morgan fingerprint density at radius 3 is 0.483 bits per heavy atom.